The molecule has 3 amide bonds. The van der Waals surface area contributed by atoms with Crippen molar-refractivity contribution in [2.45, 2.75) is 20.0 Å². The average molecular weight is 515 g/mol. The fourth-order valence-electron chi connectivity index (χ4n) is 4.26. The van der Waals surface area contributed by atoms with Gasteiger partial charge in [0, 0.05) is 48.6 Å². The summed E-state index contributed by atoms with van der Waals surface area (Å²) >= 11 is 0. The number of urea groups is 1. The number of amides is 3. The number of pyridine rings is 1. The molecule has 0 spiro atoms. The van der Waals surface area contributed by atoms with E-state index in [1.165, 1.54) is 12.1 Å². The van der Waals surface area contributed by atoms with Crippen LogP contribution in [0.2, 0.25) is 0 Å². The SMILES string of the molecule is CCN1CCN(CC(=O)Nc2cc(C)nc3ccc(NC(=O)Nc4cccc(C(F)(F)F)c4)cc23)CC1. The van der Waals surface area contributed by atoms with E-state index in [-0.39, 0.29) is 18.1 Å². The van der Waals surface area contributed by atoms with Crippen LogP contribution in [-0.2, 0) is 11.0 Å². The fraction of sp³-hybridized carbons (Fsp3) is 0.346. The van der Waals surface area contributed by atoms with Crippen molar-refractivity contribution in [3.8, 4) is 0 Å². The number of hydrogen-bond donors (Lipinski definition) is 3. The first-order valence-corrected chi connectivity index (χ1v) is 12.0. The highest BCUT2D eigenvalue weighted by molar-refractivity contribution is 6.05. The molecule has 11 heteroatoms. The number of likely N-dealkylation sites (N-methyl/N-ethyl adjacent to an activating group) is 1. The van der Waals surface area contributed by atoms with Crippen LogP contribution in [-0.4, -0.2) is 66.0 Å². The molecule has 0 atom stereocenters. The van der Waals surface area contributed by atoms with Gasteiger partial charge in [0.05, 0.1) is 23.3 Å². The number of aromatic nitrogens is 1. The van der Waals surface area contributed by atoms with E-state index in [0.29, 0.717) is 22.3 Å². The van der Waals surface area contributed by atoms with E-state index in [0.717, 1.165) is 50.6 Å². The number of piperazine rings is 1. The van der Waals surface area contributed by atoms with Crippen molar-refractivity contribution in [3.63, 3.8) is 0 Å². The first-order valence-electron chi connectivity index (χ1n) is 12.0. The maximum absolute atomic E-state index is 13.0. The minimum atomic E-state index is -4.51. The van der Waals surface area contributed by atoms with Gasteiger partial charge in [-0.1, -0.05) is 13.0 Å². The van der Waals surface area contributed by atoms with Crippen LogP contribution in [0.15, 0.2) is 48.5 Å². The number of carbonyl (C=O) groups excluding carboxylic acids is 2. The quantitative estimate of drug-likeness (QED) is 0.441. The summed E-state index contributed by atoms with van der Waals surface area (Å²) in [6, 6.07) is 10.5. The zero-order valence-electron chi connectivity index (χ0n) is 20.7. The molecule has 1 saturated heterocycles. The molecule has 2 aromatic carbocycles. The zero-order valence-corrected chi connectivity index (χ0v) is 20.7. The van der Waals surface area contributed by atoms with Crippen molar-refractivity contribution in [1.82, 2.24) is 14.8 Å². The molecule has 2 heterocycles. The van der Waals surface area contributed by atoms with Crippen molar-refractivity contribution in [2.24, 2.45) is 0 Å². The molecule has 1 aliphatic rings. The summed E-state index contributed by atoms with van der Waals surface area (Å²) in [6.45, 7) is 8.73. The number of benzene rings is 2. The summed E-state index contributed by atoms with van der Waals surface area (Å²) in [7, 11) is 0. The van der Waals surface area contributed by atoms with Crippen LogP contribution in [0, 0.1) is 6.92 Å². The first kappa shape index (κ1) is 26.4. The Balaban J connectivity index is 1.45. The summed E-state index contributed by atoms with van der Waals surface area (Å²) in [6.07, 6.45) is -4.51. The Morgan fingerprint density at radius 3 is 2.27 bits per heavy atom. The van der Waals surface area contributed by atoms with Gasteiger partial charge in [-0.05, 0) is 55.9 Å². The molecule has 0 aliphatic carbocycles. The number of anilines is 3. The van der Waals surface area contributed by atoms with Crippen molar-refractivity contribution in [2.75, 3.05) is 55.2 Å². The van der Waals surface area contributed by atoms with Gasteiger partial charge in [0.25, 0.3) is 0 Å². The second-order valence-electron chi connectivity index (χ2n) is 8.96. The maximum atomic E-state index is 13.0. The Morgan fingerprint density at radius 1 is 0.919 bits per heavy atom. The van der Waals surface area contributed by atoms with E-state index in [1.807, 2.05) is 6.92 Å². The van der Waals surface area contributed by atoms with Gasteiger partial charge in [-0.15, -0.1) is 0 Å². The summed E-state index contributed by atoms with van der Waals surface area (Å²) < 4.78 is 38.9. The highest BCUT2D eigenvalue weighted by Gasteiger charge is 2.30. The van der Waals surface area contributed by atoms with Gasteiger partial charge in [0.15, 0.2) is 0 Å². The molecule has 3 N–H and O–H groups in total. The number of aryl methyl sites for hydroxylation is 1. The number of nitrogens with one attached hydrogen (secondary N) is 3. The minimum absolute atomic E-state index is 0.0122. The molecule has 1 aliphatic heterocycles. The molecule has 4 rings (SSSR count). The number of alkyl halides is 3. The number of fused-ring (bicyclic) bond motifs is 1. The molecular formula is C26H29F3N6O2. The molecule has 1 aromatic heterocycles. The van der Waals surface area contributed by atoms with E-state index in [4.69, 9.17) is 0 Å². The van der Waals surface area contributed by atoms with Gasteiger partial charge >= 0.3 is 12.2 Å². The van der Waals surface area contributed by atoms with Crippen LogP contribution >= 0.6 is 0 Å². The zero-order chi connectivity index (χ0) is 26.6. The van der Waals surface area contributed by atoms with Gasteiger partial charge in [0.2, 0.25) is 5.91 Å². The smallest absolute Gasteiger partial charge is 0.324 e. The van der Waals surface area contributed by atoms with Crippen LogP contribution < -0.4 is 16.0 Å². The Bertz CT molecular complexity index is 1290. The molecule has 0 saturated carbocycles. The monoisotopic (exact) mass is 514 g/mol. The van der Waals surface area contributed by atoms with Gasteiger partial charge < -0.3 is 20.9 Å². The Labute approximate surface area is 212 Å². The molecule has 3 aromatic rings. The fourth-order valence-corrected chi connectivity index (χ4v) is 4.26. The van der Waals surface area contributed by atoms with Gasteiger partial charge in [0.1, 0.15) is 0 Å². The highest BCUT2D eigenvalue weighted by atomic mass is 19.4. The third-order valence-corrected chi connectivity index (χ3v) is 6.20. The normalized spacial score (nSPS) is 14.9. The lowest BCUT2D eigenvalue weighted by Crippen LogP contribution is -2.48. The van der Waals surface area contributed by atoms with Crippen LogP contribution in [0.1, 0.15) is 18.2 Å². The Kier molecular flexibility index (Phi) is 7.94. The largest absolute Gasteiger partial charge is 0.416 e. The lowest BCUT2D eigenvalue weighted by atomic mass is 10.1. The molecule has 37 heavy (non-hydrogen) atoms. The minimum Gasteiger partial charge on any atom is -0.324 e. The molecule has 8 nitrogen and oxygen atoms in total. The predicted octanol–water partition coefficient (Wildman–Crippen LogP) is 4.78. The molecule has 1 fully saturated rings. The van der Waals surface area contributed by atoms with Crippen molar-refractivity contribution >= 4 is 39.9 Å². The number of carbonyl (C=O) groups is 2. The Morgan fingerprint density at radius 2 is 1.59 bits per heavy atom. The van der Waals surface area contributed by atoms with Crippen LogP contribution in [0.3, 0.4) is 0 Å². The molecular weight excluding hydrogens is 485 g/mol. The second-order valence-corrected chi connectivity index (χ2v) is 8.96. The van der Waals surface area contributed by atoms with Crippen LogP contribution in [0.25, 0.3) is 10.9 Å². The predicted molar refractivity (Wildman–Crippen MR) is 138 cm³/mol. The summed E-state index contributed by atoms with van der Waals surface area (Å²) in [5.74, 6) is -0.141. The standard InChI is InChI=1S/C26H29F3N6O2/c1-3-34-9-11-35(12-10-34)16-24(36)33-23-13-17(2)30-22-8-7-20(15-21(22)23)32-25(37)31-19-6-4-5-18(14-19)26(27,28)29/h4-8,13-15H,3,9-12,16H2,1-2H3,(H,30,33,36)(H2,31,32,37). The van der Waals surface area contributed by atoms with Crippen LogP contribution in [0.5, 0.6) is 0 Å². The van der Waals surface area contributed by atoms with Crippen molar-refractivity contribution in [3.05, 3.63) is 59.8 Å². The highest BCUT2D eigenvalue weighted by Crippen LogP contribution is 2.31. The van der Waals surface area contributed by atoms with Gasteiger partial charge in [-0.3, -0.25) is 14.7 Å². The lowest BCUT2D eigenvalue weighted by Gasteiger charge is -2.33. The van der Waals surface area contributed by atoms with E-state index >= 15 is 0 Å². The number of halogens is 3. The number of nitrogens with zero attached hydrogens (tertiary/aromatic N) is 3. The van der Waals surface area contributed by atoms with Crippen molar-refractivity contribution < 1.29 is 22.8 Å². The topological polar surface area (TPSA) is 89.6 Å². The van der Waals surface area contributed by atoms with Gasteiger partial charge in [-0.25, -0.2) is 4.79 Å². The van der Waals surface area contributed by atoms with E-state index in [9.17, 15) is 22.8 Å². The number of rotatable bonds is 6. The summed E-state index contributed by atoms with van der Waals surface area (Å²) in [5.41, 5.74) is 1.48. The van der Waals surface area contributed by atoms with E-state index < -0.39 is 17.8 Å². The average Bonchev–Trinajstić information content (AvgIpc) is 2.84. The lowest BCUT2D eigenvalue weighted by molar-refractivity contribution is -0.137. The first-order chi connectivity index (χ1) is 17.6. The second kappa shape index (κ2) is 11.1. The summed E-state index contributed by atoms with van der Waals surface area (Å²) in [4.78, 5) is 34.2. The van der Waals surface area contributed by atoms with Crippen LogP contribution in [0.4, 0.5) is 35.0 Å². The third-order valence-electron chi connectivity index (χ3n) is 6.20. The molecule has 0 unspecified atom stereocenters. The van der Waals surface area contributed by atoms with Gasteiger partial charge in [-0.2, -0.15) is 13.2 Å². The van der Waals surface area contributed by atoms with E-state index in [1.54, 1.807) is 24.3 Å². The summed E-state index contributed by atoms with van der Waals surface area (Å²) in [5, 5.41) is 8.64. The number of hydrogen-bond acceptors (Lipinski definition) is 5. The van der Waals surface area contributed by atoms with Crippen molar-refractivity contribution in [1.29, 1.82) is 0 Å². The molecule has 196 valence electrons. The maximum Gasteiger partial charge on any atom is 0.416 e. The third kappa shape index (κ3) is 6.95. The van der Waals surface area contributed by atoms with E-state index in [2.05, 4.69) is 37.7 Å². The molecule has 0 radical (unpaired) electrons. The Hall–Kier alpha value is -3.70. The molecule has 0 bridgehead atoms.